The van der Waals surface area contributed by atoms with Crippen LogP contribution in [0, 0.1) is 5.82 Å². The van der Waals surface area contributed by atoms with E-state index in [0.29, 0.717) is 12.5 Å². The Morgan fingerprint density at radius 2 is 2.04 bits per heavy atom. The normalized spacial score (nSPS) is 11.8. The molecule has 2 aromatic rings. The summed E-state index contributed by atoms with van der Waals surface area (Å²) < 4.78 is 13.3. The summed E-state index contributed by atoms with van der Waals surface area (Å²) >= 11 is 1.74. The Hall–Kier alpha value is -1.35. The predicted molar refractivity (Wildman–Crippen MR) is 109 cm³/mol. The molecule has 0 bridgehead atoms. The van der Waals surface area contributed by atoms with Gasteiger partial charge in [0.25, 0.3) is 0 Å². The van der Waals surface area contributed by atoms with Crippen molar-refractivity contribution in [2.24, 2.45) is 4.99 Å². The molecule has 0 spiro atoms. The molecule has 0 unspecified atom stereocenters. The largest absolute Gasteiger partial charge is 0.505 e. The summed E-state index contributed by atoms with van der Waals surface area (Å²) in [7, 11) is 1.70. The molecule has 3 N–H and O–H groups in total. The number of nitrogens with one attached hydrogen (secondary N) is 2. The first kappa shape index (κ1) is 20.7. The van der Waals surface area contributed by atoms with Gasteiger partial charge in [-0.2, -0.15) is 0 Å². The lowest BCUT2D eigenvalue weighted by Crippen LogP contribution is -2.42. The second-order valence-electron chi connectivity index (χ2n) is 5.93. The van der Waals surface area contributed by atoms with Crippen molar-refractivity contribution in [3.05, 3.63) is 52.0 Å². The standard InChI is InChI=1S/C17H22FN3OS.HI/c1-17(2,15-5-4-8-23-15)11-21-16(19-3)20-10-12-6-7-14(22)13(18)9-12;/h4-9,22H,10-11H2,1-3H3,(H2,19,20,21);1H. The van der Waals surface area contributed by atoms with Gasteiger partial charge in [0.2, 0.25) is 0 Å². The number of phenolic OH excluding ortho intramolecular Hbond substituents is 1. The molecule has 0 atom stereocenters. The van der Waals surface area contributed by atoms with E-state index in [9.17, 15) is 9.50 Å². The zero-order valence-electron chi connectivity index (χ0n) is 14.0. The number of nitrogens with zero attached hydrogens (tertiary/aromatic N) is 1. The monoisotopic (exact) mass is 463 g/mol. The lowest BCUT2D eigenvalue weighted by Gasteiger charge is -2.25. The van der Waals surface area contributed by atoms with Crippen LogP contribution in [0.2, 0.25) is 0 Å². The maximum atomic E-state index is 13.3. The number of rotatable bonds is 5. The molecule has 1 heterocycles. The maximum absolute atomic E-state index is 13.3. The van der Waals surface area contributed by atoms with E-state index in [1.54, 1.807) is 24.5 Å². The summed E-state index contributed by atoms with van der Waals surface area (Å²) in [4.78, 5) is 5.49. The van der Waals surface area contributed by atoms with Gasteiger partial charge in [0.15, 0.2) is 17.5 Å². The average Bonchev–Trinajstić information content (AvgIpc) is 3.06. The van der Waals surface area contributed by atoms with Crippen molar-refractivity contribution >= 4 is 41.3 Å². The zero-order valence-corrected chi connectivity index (χ0v) is 17.1. The molecule has 7 heteroatoms. The van der Waals surface area contributed by atoms with Gasteiger partial charge in [-0.25, -0.2) is 4.39 Å². The number of hydrogen-bond donors (Lipinski definition) is 3. The van der Waals surface area contributed by atoms with Crippen LogP contribution in [-0.2, 0) is 12.0 Å². The van der Waals surface area contributed by atoms with Crippen LogP contribution in [0.5, 0.6) is 5.75 Å². The number of hydrogen-bond acceptors (Lipinski definition) is 3. The van der Waals surface area contributed by atoms with Crippen molar-refractivity contribution in [1.29, 1.82) is 0 Å². The van der Waals surface area contributed by atoms with Gasteiger partial charge < -0.3 is 15.7 Å². The van der Waals surface area contributed by atoms with E-state index >= 15 is 0 Å². The minimum absolute atomic E-state index is 0. The Morgan fingerprint density at radius 1 is 1.29 bits per heavy atom. The minimum Gasteiger partial charge on any atom is -0.505 e. The summed E-state index contributed by atoms with van der Waals surface area (Å²) in [5.74, 6) is -0.303. The van der Waals surface area contributed by atoms with Gasteiger partial charge in [-0.15, -0.1) is 35.3 Å². The molecule has 24 heavy (non-hydrogen) atoms. The van der Waals surface area contributed by atoms with Gasteiger partial charge in [0.05, 0.1) is 0 Å². The molecule has 1 aromatic heterocycles. The van der Waals surface area contributed by atoms with E-state index in [1.807, 2.05) is 6.07 Å². The first-order valence-electron chi connectivity index (χ1n) is 7.38. The number of phenols is 1. The van der Waals surface area contributed by atoms with E-state index in [2.05, 4.69) is 40.9 Å². The van der Waals surface area contributed by atoms with Crippen molar-refractivity contribution in [2.75, 3.05) is 13.6 Å². The van der Waals surface area contributed by atoms with Gasteiger partial charge in [-0.1, -0.05) is 26.0 Å². The Bertz CT molecular complexity index is 674. The molecule has 0 saturated heterocycles. The molecule has 0 amide bonds. The SMILES string of the molecule is CN=C(NCc1ccc(O)c(F)c1)NCC(C)(C)c1cccs1.I. The molecule has 0 saturated carbocycles. The predicted octanol–water partition coefficient (Wildman–Crippen LogP) is 3.85. The fourth-order valence-corrected chi connectivity index (χ4v) is 2.97. The van der Waals surface area contributed by atoms with E-state index in [0.717, 1.165) is 12.1 Å². The smallest absolute Gasteiger partial charge is 0.191 e. The van der Waals surface area contributed by atoms with Gasteiger partial charge in [-0.3, -0.25) is 4.99 Å². The highest BCUT2D eigenvalue weighted by Gasteiger charge is 2.21. The van der Waals surface area contributed by atoms with Gasteiger partial charge in [-0.05, 0) is 29.1 Å². The molecule has 2 rings (SSSR count). The third-order valence-corrected chi connectivity index (χ3v) is 4.82. The van der Waals surface area contributed by atoms with Crippen LogP contribution >= 0.6 is 35.3 Å². The van der Waals surface area contributed by atoms with Crippen molar-refractivity contribution in [1.82, 2.24) is 10.6 Å². The zero-order chi connectivity index (χ0) is 16.9. The topological polar surface area (TPSA) is 56.7 Å². The number of aliphatic imine (C=N–C) groups is 1. The van der Waals surface area contributed by atoms with Crippen LogP contribution in [0.4, 0.5) is 4.39 Å². The van der Waals surface area contributed by atoms with E-state index in [4.69, 9.17) is 0 Å². The van der Waals surface area contributed by atoms with Crippen molar-refractivity contribution in [3.8, 4) is 5.75 Å². The maximum Gasteiger partial charge on any atom is 0.191 e. The van der Waals surface area contributed by atoms with Crippen LogP contribution in [0.3, 0.4) is 0 Å². The molecule has 0 aliphatic carbocycles. The van der Waals surface area contributed by atoms with Crippen molar-refractivity contribution in [2.45, 2.75) is 25.8 Å². The highest BCUT2D eigenvalue weighted by molar-refractivity contribution is 14.0. The first-order valence-corrected chi connectivity index (χ1v) is 8.26. The molecule has 0 radical (unpaired) electrons. The lowest BCUT2D eigenvalue weighted by molar-refractivity contribution is 0.431. The molecule has 132 valence electrons. The molecule has 0 fully saturated rings. The van der Waals surface area contributed by atoms with Crippen LogP contribution < -0.4 is 10.6 Å². The first-order chi connectivity index (χ1) is 10.9. The fraction of sp³-hybridized carbons (Fsp3) is 0.353. The number of halogens is 2. The van der Waals surface area contributed by atoms with Crippen LogP contribution in [0.25, 0.3) is 0 Å². The summed E-state index contributed by atoms with van der Waals surface area (Å²) in [6, 6.07) is 8.51. The Labute approximate surface area is 163 Å². The molecule has 0 aliphatic heterocycles. The van der Waals surface area contributed by atoms with Crippen LogP contribution in [0.1, 0.15) is 24.3 Å². The second kappa shape index (κ2) is 9.22. The summed E-state index contributed by atoms with van der Waals surface area (Å²) in [6.07, 6.45) is 0. The van der Waals surface area contributed by atoms with E-state index in [-0.39, 0.29) is 35.1 Å². The van der Waals surface area contributed by atoms with Crippen LogP contribution in [-0.4, -0.2) is 24.7 Å². The van der Waals surface area contributed by atoms with Gasteiger partial charge in [0.1, 0.15) is 0 Å². The molecule has 0 aliphatic rings. The third kappa shape index (κ3) is 5.62. The van der Waals surface area contributed by atoms with Crippen molar-refractivity contribution < 1.29 is 9.50 Å². The Kier molecular flexibility index (Phi) is 7.95. The number of aromatic hydroxyl groups is 1. The molecular formula is C17H23FIN3OS. The molecular weight excluding hydrogens is 440 g/mol. The number of benzene rings is 1. The quantitative estimate of drug-likeness (QED) is 0.359. The average molecular weight is 463 g/mol. The van der Waals surface area contributed by atoms with E-state index < -0.39 is 5.82 Å². The Morgan fingerprint density at radius 3 is 2.62 bits per heavy atom. The molecule has 4 nitrogen and oxygen atoms in total. The van der Waals surface area contributed by atoms with Gasteiger partial charge >= 0.3 is 0 Å². The van der Waals surface area contributed by atoms with Gasteiger partial charge in [0, 0.05) is 30.4 Å². The summed E-state index contributed by atoms with van der Waals surface area (Å²) in [5, 5.41) is 17.7. The minimum atomic E-state index is -0.619. The molecule has 1 aromatic carbocycles. The summed E-state index contributed by atoms with van der Waals surface area (Å²) in [5.41, 5.74) is 0.733. The Balaban J connectivity index is 0.00000288. The lowest BCUT2D eigenvalue weighted by atomic mass is 9.91. The number of guanidine groups is 1. The van der Waals surface area contributed by atoms with Crippen LogP contribution in [0.15, 0.2) is 40.7 Å². The van der Waals surface area contributed by atoms with E-state index in [1.165, 1.54) is 17.0 Å². The number of thiophene rings is 1. The third-order valence-electron chi connectivity index (χ3n) is 3.58. The van der Waals surface area contributed by atoms with Crippen molar-refractivity contribution in [3.63, 3.8) is 0 Å². The highest BCUT2D eigenvalue weighted by Crippen LogP contribution is 2.26. The fourth-order valence-electron chi connectivity index (χ4n) is 2.12. The highest BCUT2D eigenvalue weighted by atomic mass is 127. The second-order valence-corrected chi connectivity index (χ2v) is 6.87. The summed E-state index contributed by atoms with van der Waals surface area (Å²) in [6.45, 7) is 5.51.